The average Bonchev–Trinajstić information content (AvgIpc) is 2.60. The van der Waals surface area contributed by atoms with Gasteiger partial charge in [-0.2, -0.15) is 0 Å². The Hall–Kier alpha value is -2.51. The van der Waals surface area contributed by atoms with E-state index < -0.39 is 22.5 Å². The van der Waals surface area contributed by atoms with Crippen molar-refractivity contribution in [3.63, 3.8) is 0 Å². The molecule has 0 aromatic heterocycles. The van der Waals surface area contributed by atoms with Crippen LogP contribution in [0.2, 0.25) is 0 Å². The van der Waals surface area contributed by atoms with E-state index in [4.69, 9.17) is 0 Å². The molecule has 1 amide bonds. The summed E-state index contributed by atoms with van der Waals surface area (Å²) in [4.78, 5) is 23.4. The van der Waals surface area contributed by atoms with Gasteiger partial charge in [0.25, 0.3) is 0 Å². The lowest BCUT2D eigenvalue weighted by molar-refractivity contribution is -0.115. The fourth-order valence-corrected chi connectivity index (χ4v) is 3.15. The summed E-state index contributed by atoms with van der Waals surface area (Å²) in [6.45, 7) is 3.01. The molecule has 0 saturated heterocycles. The maximum atomic E-state index is 12.2. The van der Waals surface area contributed by atoms with Crippen molar-refractivity contribution in [1.82, 2.24) is 4.72 Å². The van der Waals surface area contributed by atoms with Crippen LogP contribution in [0.25, 0.3) is 0 Å². The molecule has 0 bridgehead atoms. The van der Waals surface area contributed by atoms with Crippen molar-refractivity contribution in [2.75, 3.05) is 11.9 Å². The lowest BCUT2D eigenvalue weighted by atomic mass is 10.1. The first-order valence-corrected chi connectivity index (χ1v) is 9.29. The van der Waals surface area contributed by atoms with Gasteiger partial charge >= 0.3 is 0 Å². The third kappa shape index (κ3) is 5.23. The Bertz CT molecular complexity index is 874. The molecule has 0 spiro atoms. The maximum absolute atomic E-state index is 12.2. The summed E-state index contributed by atoms with van der Waals surface area (Å²) in [5.74, 6) is -0.637. The predicted molar refractivity (Wildman–Crippen MR) is 96.1 cm³/mol. The van der Waals surface area contributed by atoms with Crippen LogP contribution < -0.4 is 10.0 Å². The number of ketones is 1. The van der Waals surface area contributed by atoms with E-state index in [1.54, 1.807) is 30.3 Å². The van der Waals surface area contributed by atoms with Crippen LogP contribution in [0.3, 0.4) is 0 Å². The minimum atomic E-state index is -3.76. The number of benzene rings is 2. The molecule has 0 saturated carbocycles. The Balaban J connectivity index is 1.98. The van der Waals surface area contributed by atoms with Crippen molar-refractivity contribution >= 4 is 27.4 Å². The van der Waals surface area contributed by atoms with E-state index in [0.717, 1.165) is 12.0 Å². The molecule has 0 aliphatic heterocycles. The van der Waals surface area contributed by atoms with Crippen LogP contribution in [0.15, 0.2) is 53.4 Å². The van der Waals surface area contributed by atoms with Gasteiger partial charge in [0.2, 0.25) is 15.9 Å². The molecule has 6 nitrogen and oxygen atoms in total. The quantitative estimate of drug-likeness (QED) is 0.742. The van der Waals surface area contributed by atoms with Crippen molar-refractivity contribution in [3.05, 3.63) is 59.7 Å². The first kappa shape index (κ1) is 18.8. The summed E-state index contributed by atoms with van der Waals surface area (Å²) in [7, 11) is -3.76. The zero-order valence-corrected chi connectivity index (χ0v) is 14.9. The first-order chi connectivity index (χ1) is 11.8. The predicted octanol–water partition coefficient (Wildman–Crippen LogP) is 2.37. The van der Waals surface area contributed by atoms with Crippen LogP contribution in [0.5, 0.6) is 0 Å². The highest BCUT2D eigenvalue weighted by molar-refractivity contribution is 7.89. The topological polar surface area (TPSA) is 92.3 Å². The molecule has 2 rings (SSSR count). The highest BCUT2D eigenvalue weighted by Crippen LogP contribution is 2.12. The summed E-state index contributed by atoms with van der Waals surface area (Å²) in [5, 5.41) is 2.56. The lowest BCUT2D eigenvalue weighted by Crippen LogP contribution is -2.32. The molecule has 0 heterocycles. The fraction of sp³-hybridized carbons (Fsp3) is 0.222. The molecule has 25 heavy (non-hydrogen) atoms. The molecule has 7 heteroatoms. The number of rotatable bonds is 7. The molecule has 0 aliphatic carbocycles. The molecule has 132 valence electrons. The number of hydrogen-bond donors (Lipinski definition) is 2. The van der Waals surface area contributed by atoms with Crippen molar-refractivity contribution in [2.45, 2.75) is 25.2 Å². The molecule has 2 aromatic carbocycles. The van der Waals surface area contributed by atoms with Crippen LogP contribution in [0.4, 0.5) is 5.69 Å². The zero-order chi connectivity index (χ0) is 18.4. The number of sulfonamides is 1. The fourth-order valence-electron chi connectivity index (χ4n) is 2.17. The van der Waals surface area contributed by atoms with Crippen molar-refractivity contribution in [3.8, 4) is 0 Å². The zero-order valence-electron chi connectivity index (χ0n) is 14.1. The lowest BCUT2D eigenvalue weighted by Gasteiger charge is -2.09. The van der Waals surface area contributed by atoms with Gasteiger partial charge < -0.3 is 5.32 Å². The average molecular weight is 360 g/mol. The van der Waals surface area contributed by atoms with E-state index >= 15 is 0 Å². The maximum Gasteiger partial charge on any atom is 0.241 e. The van der Waals surface area contributed by atoms with Gasteiger partial charge in [0.15, 0.2) is 5.78 Å². The molecule has 0 unspecified atom stereocenters. The number of hydrogen-bond acceptors (Lipinski definition) is 4. The van der Waals surface area contributed by atoms with Gasteiger partial charge in [0.05, 0.1) is 11.4 Å². The van der Waals surface area contributed by atoms with E-state index in [1.807, 2.05) is 6.92 Å². The Morgan fingerprint density at radius 2 is 1.72 bits per heavy atom. The van der Waals surface area contributed by atoms with E-state index in [2.05, 4.69) is 10.0 Å². The van der Waals surface area contributed by atoms with Gasteiger partial charge in [0.1, 0.15) is 0 Å². The second-order valence-electron chi connectivity index (χ2n) is 5.51. The molecular formula is C18H20N2O4S. The Kier molecular flexibility index (Phi) is 6.06. The second kappa shape index (κ2) is 8.04. The van der Waals surface area contributed by atoms with Crippen molar-refractivity contribution in [1.29, 1.82) is 0 Å². The molecule has 0 aliphatic rings. The number of amides is 1. The largest absolute Gasteiger partial charge is 0.325 e. The highest BCUT2D eigenvalue weighted by atomic mass is 32.2. The van der Waals surface area contributed by atoms with Gasteiger partial charge in [-0.3, -0.25) is 9.59 Å². The van der Waals surface area contributed by atoms with Crippen LogP contribution in [0.1, 0.15) is 29.8 Å². The summed E-state index contributed by atoms with van der Waals surface area (Å²) < 4.78 is 26.7. The standard InChI is InChI=1S/C18H20N2O4S/c1-3-14-7-9-17(10-8-14)25(23,24)19-12-18(22)20-16-6-4-5-15(11-16)13(2)21/h4-11,19H,3,12H2,1-2H3,(H,20,22). The van der Waals surface area contributed by atoms with Crippen molar-refractivity contribution in [2.24, 2.45) is 0 Å². The first-order valence-electron chi connectivity index (χ1n) is 7.81. The third-order valence-corrected chi connectivity index (χ3v) is 5.03. The van der Waals surface area contributed by atoms with Crippen LogP contribution in [-0.2, 0) is 21.2 Å². The number of anilines is 1. The van der Waals surface area contributed by atoms with E-state index in [0.29, 0.717) is 11.3 Å². The van der Waals surface area contributed by atoms with E-state index in [-0.39, 0.29) is 10.7 Å². The highest BCUT2D eigenvalue weighted by Gasteiger charge is 2.15. The van der Waals surface area contributed by atoms with Crippen LogP contribution in [0, 0.1) is 0 Å². The minimum absolute atomic E-state index is 0.107. The monoisotopic (exact) mass is 360 g/mol. The molecule has 0 fully saturated rings. The Morgan fingerprint density at radius 1 is 1.04 bits per heavy atom. The molecular weight excluding hydrogens is 340 g/mol. The van der Waals surface area contributed by atoms with E-state index in [9.17, 15) is 18.0 Å². The molecule has 0 atom stereocenters. The third-order valence-electron chi connectivity index (χ3n) is 3.62. The van der Waals surface area contributed by atoms with E-state index in [1.165, 1.54) is 25.1 Å². The van der Waals surface area contributed by atoms with Gasteiger partial charge in [-0.15, -0.1) is 0 Å². The summed E-state index contributed by atoms with van der Waals surface area (Å²) >= 11 is 0. The Labute approximate surface area is 147 Å². The molecule has 0 radical (unpaired) electrons. The van der Waals surface area contributed by atoms with Gasteiger partial charge in [-0.25, -0.2) is 13.1 Å². The summed E-state index contributed by atoms with van der Waals surface area (Å²) in [6, 6.07) is 12.9. The number of aryl methyl sites for hydroxylation is 1. The normalized spacial score (nSPS) is 11.1. The number of carbonyl (C=O) groups is 2. The van der Waals surface area contributed by atoms with Crippen LogP contribution >= 0.6 is 0 Å². The SMILES string of the molecule is CCc1ccc(S(=O)(=O)NCC(=O)Nc2cccc(C(C)=O)c2)cc1. The number of nitrogens with one attached hydrogen (secondary N) is 2. The van der Waals surface area contributed by atoms with Gasteiger partial charge in [0, 0.05) is 11.3 Å². The number of Topliss-reactive ketones (excluding diaryl/α,β-unsaturated/α-hetero) is 1. The second-order valence-corrected chi connectivity index (χ2v) is 7.27. The summed E-state index contributed by atoms with van der Waals surface area (Å²) in [5.41, 5.74) is 1.93. The molecule has 2 N–H and O–H groups in total. The summed E-state index contributed by atoms with van der Waals surface area (Å²) in [6.07, 6.45) is 0.815. The van der Waals surface area contributed by atoms with Gasteiger partial charge in [-0.1, -0.05) is 31.2 Å². The molecule has 2 aromatic rings. The van der Waals surface area contributed by atoms with Crippen LogP contribution in [-0.4, -0.2) is 26.7 Å². The Morgan fingerprint density at radius 3 is 2.32 bits per heavy atom. The smallest absolute Gasteiger partial charge is 0.241 e. The minimum Gasteiger partial charge on any atom is -0.325 e. The number of carbonyl (C=O) groups excluding carboxylic acids is 2. The van der Waals surface area contributed by atoms with Gasteiger partial charge in [-0.05, 0) is 43.2 Å². The van der Waals surface area contributed by atoms with Crippen molar-refractivity contribution < 1.29 is 18.0 Å².